The zero-order valence-electron chi connectivity index (χ0n) is 12.8. The lowest BCUT2D eigenvalue weighted by Crippen LogP contribution is -2.49. The second kappa shape index (κ2) is 11.4. The first-order valence-electron chi connectivity index (χ1n) is 7.64. The number of piperazine rings is 1. The minimum atomic E-state index is -2.28. The van der Waals surface area contributed by atoms with E-state index < -0.39 is 6.43 Å². The number of hydrogen-bond donors (Lipinski definition) is 1. The van der Waals surface area contributed by atoms with Crippen LogP contribution in [-0.4, -0.2) is 67.9 Å². The van der Waals surface area contributed by atoms with Gasteiger partial charge in [0.05, 0.1) is 6.54 Å². The summed E-state index contributed by atoms with van der Waals surface area (Å²) in [6, 6.07) is 0. The Morgan fingerprint density at radius 3 is 2.23 bits per heavy atom. The molecule has 0 aromatic rings. The van der Waals surface area contributed by atoms with Crippen LogP contribution < -0.4 is 5.32 Å². The van der Waals surface area contributed by atoms with Gasteiger partial charge in [0, 0.05) is 32.6 Å². The molecule has 1 N–H and O–H groups in total. The van der Waals surface area contributed by atoms with Gasteiger partial charge in [-0.05, 0) is 38.3 Å². The maximum atomic E-state index is 12.3. The number of amides is 1. The summed E-state index contributed by atoms with van der Waals surface area (Å²) in [5, 5.41) is 3.32. The molecule has 0 aromatic heterocycles. The maximum absolute atomic E-state index is 12.3. The van der Waals surface area contributed by atoms with Gasteiger partial charge in [-0.15, -0.1) is 24.8 Å². The monoisotopic (exact) mass is 361 g/mol. The summed E-state index contributed by atoms with van der Waals surface area (Å²) < 4.78 is 24.5. The topological polar surface area (TPSA) is 35.6 Å². The molecule has 4 nitrogen and oxygen atoms in total. The number of carbonyl (C=O) groups excluding carboxylic acids is 1. The standard InChI is InChI=1S/C14H25F2N3O.2ClH/c15-13(16)11-18-7-9-19(10-8-18)14(20)2-1-12-3-5-17-6-4-12;;/h12-13,17H,1-11H2;2*1H. The molecule has 2 heterocycles. The van der Waals surface area contributed by atoms with E-state index in [4.69, 9.17) is 0 Å². The summed E-state index contributed by atoms with van der Waals surface area (Å²) in [5.41, 5.74) is 0. The summed E-state index contributed by atoms with van der Waals surface area (Å²) in [4.78, 5) is 15.7. The molecular weight excluding hydrogens is 335 g/mol. The molecule has 2 aliphatic heterocycles. The van der Waals surface area contributed by atoms with Crippen LogP contribution in [0.3, 0.4) is 0 Å². The number of rotatable bonds is 5. The molecule has 1 amide bonds. The predicted octanol–water partition coefficient (Wildman–Crippen LogP) is 2.02. The highest BCUT2D eigenvalue weighted by Crippen LogP contribution is 2.18. The lowest BCUT2D eigenvalue weighted by atomic mass is 9.93. The Bertz CT molecular complexity index is 310. The van der Waals surface area contributed by atoms with Crippen molar-refractivity contribution in [3.8, 4) is 0 Å². The number of alkyl halides is 2. The molecule has 2 rings (SSSR count). The normalized spacial score (nSPS) is 20.4. The van der Waals surface area contributed by atoms with Crippen LogP contribution in [0.5, 0.6) is 0 Å². The van der Waals surface area contributed by atoms with Crippen LogP contribution in [0.25, 0.3) is 0 Å². The van der Waals surface area contributed by atoms with Crippen molar-refractivity contribution in [1.29, 1.82) is 0 Å². The van der Waals surface area contributed by atoms with Gasteiger partial charge in [0.25, 0.3) is 6.43 Å². The molecule has 22 heavy (non-hydrogen) atoms. The van der Waals surface area contributed by atoms with Crippen LogP contribution in [0.1, 0.15) is 25.7 Å². The number of halogens is 4. The largest absolute Gasteiger partial charge is 0.340 e. The molecule has 0 spiro atoms. The highest BCUT2D eigenvalue weighted by atomic mass is 35.5. The summed E-state index contributed by atoms with van der Waals surface area (Å²) in [6.07, 6.45) is 1.62. The van der Waals surface area contributed by atoms with E-state index in [1.54, 1.807) is 4.90 Å². The van der Waals surface area contributed by atoms with Crippen molar-refractivity contribution in [1.82, 2.24) is 15.1 Å². The van der Waals surface area contributed by atoms with Crippen molar-refractivity contribution in [3.05, 3.63) is 0 Å². The number of hydrogen-bond acceptors (Lipinski definition) is 3. The van der Waals surface area contributed by atoms with E-state index in [2.05, 4.69) is 5.32 Å². The van der Waals surface area contributed by atoms with E-state index in [9.17, 15) is 13.6 Å². The van der Waals surface area contributed by atoms with Gasteiger partial charge in [0.15, 0.2) is 0 Å². The van der Waals surface area contributed by atoms with Crippen LogP contribution in [0, 0.1) is 5.92 Å². The lowest BCUT2D eigenvalue weighted by Gasteiger charge is -2.35. The van der Waals surface area contributed by atoms with E-state index >= 15 is 0 Å². The fraction of sp³-hybridized carbons (Fsp3) is 0.929. The van der Waals surface area contributed by atoms with Gasteiger partial charge in [-0.1, -0.05) is 0 Å². The Hall–Kier alpha value is -0.170. The van der Waals surface area contributed by atoms with Crippen molar-refractivity contribution in [2.24, 2.45) is 5.92 Å². The van der Waals surface area contributed by atoms with Crippen molar-refractivity contribution in [2.45, 2.75) is 32.1 Å². The quantitative estimate of drug-likeness (QED) is 0.813. The summed E-state index contributed by atoms with van der Waals surface area (Å²) in [7, 11) is 0. The molecule has 0 saturated carbocycles. The third-order valence-electron chi connectivity index (χ3n) is 4.35. The molecule has 0 bridgehead atoms. The third-order valence-corrected chi connectivity index (χ3v) is 4.35. The van der Waals surface area contributed by atoms with Gasteiger partial charge in [-0.2, -0.15) is 0 Å². The Balaban J connectivity index is 0.00000220. The van der Waals surface area contributed by atoms with E-state index in [1.807, 2.05) is 4.90 Å². The van der Waals surface area contributed by atoms with Gasteiger partial charge >= 0.3 is 0 Å². The average Bonchev–Trinajstić information content (AvgIpc) is 2.46. The van der Waals surface area contributed by atoms with Crippen molar-refractivity contribution in [3.63, 3.8) is 0 Å². The maximum Gasteiger partial charge on any atom is 0.251 e. The molecule has 0 unspecified atom stereocenters. The second-order valence-electron chi connectivity index (χ2n) is 5.80. The van der Waals surface area contributed by atoms with Gasteiger partial charge < -0.3 is 10.2 Å². The van der Waals surface area contributed by atoms with Gasteiger partial charge in [0.1, 0.15) is 0 Å². The molecule has 8 heteroatoms. The minimum Gasteiger partial charge on any atom is -0.340 e. The molecule has 0 aliphatic carbocycles. The van der Waals surface area contributed by atoms with Crippen molar-refractivity contribution in [2.75, 3.05) is 45.8 Å². The highest BCUT2D eigenvalue weighted by Gasteiger charge is 2.23. The fourth-order valence-electron chi connectivity index (χ4n) is 3.03. The van der Waals surface area contributed by atoms with Crippen LogP contribution in [0.4, 0.5) is 8.78 Å². The summed E-state index contributed by atoms with van der Waals surface area (Å²) in [5.74, 6) is 0.862. The van der Waals surface area contributed by atoms with Crippen LogP contribution in [-0.2, 0) is 4.79 Å². The van der Waals surface area contributed by atoms with Crippen molar-refractivity contribution >= 4 is 30.7 Å². The van der Waals surface area contributed by atoms with Crippen LogP contribution in [0.15, 0.2) is 0 Å². The van der Waals surface area contributed by atoms with Crippen LogP contribution in [0.2, 0.25) is 0 Å². The van der Waals surface area contributed by atoms with Crippen LogP contribution >= 0.6 is 24.8 Å². The molecule has 0 aromatic carbocycles. The number of piperidine rings is 1. The van der Waals surface area contributed by atoms with E-state index in [0.29, 0.717) is 38.5 Å². The second-order valence-corrected chi connectivity index (χ2v) is 5.80. The lowest BCUT2D eigenvalue weighted by molar-refractivity contribution is -0.133. The van der Waals surface area contributed by atoms with E-state index in [0.717, 1.165) is 32.4 Å². The molecule has 2 saturated heterocycles. The zero-order chi connectivity index (χ0) is 14.4. The Morgan fingerprint density at radius 2 is 1.68 bits per heavy atom. The Kier molecular flexibility index (Phi) is 11.3. The number of nitrogens with zero attached hydrogens (tertiary/aromatic N) is 2. The molecule has 0 radical (unpaired) electrons. The first-order valence-corrected chi connectivity index (χ1v) is 7.64. The first-order chi connectivity index (χ1) is 9.65. The SMILES string of the molecule is Cl.Cl.O=C(CCC1CCNCC1)N1CCN(CC(F)F)CC1. The summed E-state index contributed by atoms with van der Waals surface area (Å²) >= 11 is 0. The van der Waals surface area contributed by atoms with E-state index in [-0.39, 0.29) is 37.3 Å². The zero-order valence-corrected chi connectivity index (χ0v) is 14.4. The first kappa shape index (κ1) is 21.8. The number of carbonyl (C=O) groups is 1. The predicted molar refractivity (Wildman–Crippen MR) is 88.3 cm³/mol. The van der Waals surface area contributed by atoms with Gasteiger partial charge in [-0.3, -0.25) is 9.69 Å². The molecular formula is C14H27Cl2F2N3O. The third kappa shape index (κ3) is 7.40. The molecule has 2 fully saturated rings. The minimum absolute atomic E-state index is 0. The van der Waals surface area contributed by atoms with E-state index in [1.165, 1.54) is 0 Å². The van der Waals surface area contributed by atoms with Gasteiger partial charge in [-0.25, -0.2) is 8.78 Å². The number of nitrogens with one attached hydrogen (secondary N) is 1. The summed E-state index contributed by atoms with van der Waals surface area (Å²) in [6.45, 7) is 4.29. The Labute approximate surface area is 143 Å². The Morgan fingerprint density at radius 1 is 1.09 bits per heavy atom. The molecule has 2 aliphatic rings. The van der Waals surface area contributed by atoms with Gasteiger partial charge in [0.2, 0.25) is 5.91 Å². The smallest absolute Gasteiger partial charge is 0.251 e. The van der Waals surface area contributed by atoms with Crippen molar-refractivity contribution < 1.29 is 13.6 Å². The molecule has 132 valence electrons. The highest BCUT2D eigenvalue weighted by molar-refractivity contribution is 5.85. The average molecular weight is 362 g/mol. The fourth-order valence-corrected chi connectivity index (χ4v) is 3.03. The molecule has 0 atom stereocenters.